The molecule has 0 aliphatic carbocycles. The summed E-state index contributed by atoms with van der Waals surface area (Å²) in [5.74, 6) is 0. The molecule has 12 heteroatoms. The molecule has 3 heterocycles. The lowest BCUT2D eigenvalue weighted by Gasteiger charge is -2.19. The number of hydrogen-bond acceptors (Lipinski definition) is 5. The highest BCUT2D eigenvalue weighted by Crippen LogP contribution is 2.32. The molecule has 8 nitrogen and oxygen atoms in total. The lowest BCUT2D eigenvalue weighted by Crippen LogP contribution is -2.45. The zero-order valence-electron chi connectivity index (χ0n) is 17.9. The first-order valence-corrected chi connectivity index (χ1v) is 9.55. The number of nitrogens with zero attached hydrogens (tertiary/aromatic N) is 3. The van der Waals surface area contributed by atoms with Gasteiger partial charge in [0.15, 0.2) is 0 Å². The summed E-state index contributed by atoms with van der Waals surface area (Å²) in [7, 11) is 1.35. The molecule has 1 saturated heterocycles. The first-order chi connectivity index (χ1) is 14.3. The maximum absolute atomic E-state index is 13.4. The van der Waals surface area contributed by atoms with E-state index in [2.05, 4.69) is 5.32 Å². The number of fused-ring (bicyclic) bond motifs is 1. The Hall–Kier alpha value is -2.34. The smallest absolute Gasteiger partial charge is 0.383 e. The minimum absolute atomic E-state index is 0.0126. The summed E-state index contributed by atoms with van der Waals surface area (Å²) in [6.45, 7) is -0.0586. The van der Waals surface area contributed by atoms with Gasteiger partial charge in [0, 0.05) is 25.1 Å². The Bertz CT molecular complexity index is 1140. The average Bonchev–Trinajstić information content (AvgIpc) is 3.25. The number of rotatable bonds is 6. The number of aromatic nitrogens is 2. The third-order valence-electron chi connectivity index (χ3n) is 4.72. The first kappa shape index (κ1) is 18.7. The van der Waals surface area contributed by atoms with Crippen molar-refractivity contribution in [3.05, 3.63) is 31.3 Å². The van der Waals surface area contributed by atoms with E-state index in [1.54, 1.807) is 0 Å². The largest absolute Gasteiger partial charge is 0.409 e. The van der Waals surface area contributed by atoms with Gasteiger partial charge in [-0.05, 0) is 19.4 Å². The van der Waals surface area contributed by atoms with Crippen LogP contribution in [0.15, 0.2) is 9.59 Å². The molecule has 1 aliphatic rings. The number of ether oxygens (including phenoxy) is 1. The number of alkyl halides is 3. The third kappa shape index (κ3) is 3.78. The van der Waals surface area contributed by atoms with Gasteiger partial charge in [0.05, 0.1) is 27.8 Å². The summed E-state index contributed by atoms with van der Waals surface area (Å²) < 4.78 is 63.2. The standard InChI is InChI=1S/C17H21F3N4O4S/c1-9-11(8-22-5-4-21-15(22)26)29-14-12(9)13(25)24(10(2)17(18,19)20)16(27)23(14)6-7-28-3/h10H,4-8H2,1-3H3,(H,21,26)/t10-/m1/s1/i8D2. The van der Waals surface area contributed by atoms with E-state index in [0.717, 1.165) is 20.8 Å². The number of halogens is 3. The van der Waals surface area contributed by atoms with Crippen molar-refractivity contribution >= 4 is 27.6 Å². The van der Waals surface area contributed by atoms with E-state index in [1.165, 1.54) is 14.0 Å². The van der Waals surface area contributed by atoms with Gasteiger partial charge in [0.25, 0.3) is 5.56 Å². The Labute approximate surface area is 170 Å². The fraction of sp³-hybridized carbons (Fsp3) is 0.588. The topological polar surface area (TPSA) is 85.6 Å². The van der Waals surface area contributed by atoms with Crippen molar-refractivity contribution in [2.24, 2.45) is 0 Å². The van der Waals surface area contributed by atoms with Gasteiger partial charge in [-0.15, -0.1) is 11.3 Å². The number of aryl methyl sites for hydroxylation is 1. The van der Waals surface area contributed by atoms with Crippen LogP contribution in [0.25, 0.3) is 10.2 Å². The molecule has 2 aromatic heterocycles. The average molecular weight is 436 g/mol. The third-order valence-corrected chi connectivity index (χ3v) is 5.94. The second-order valence-electron chi connectivity index (χ2n) is 6.55. The number of hydrogen-bond donors (Lipinski definition) is 1. The number of amides is 2. The number of carbonyl (C=O) groups is 1. The number of nitrogens with one attached hydrogen (secondary N) is 1. The summed E-state index contributed by atoms with van der Waals surface area (Å²) in [5.41, 5.74) is -2.23. The minimum atomic E-state index is -4.84. The van der Waals surface area contributed by atoms with Crippen molar-refractivity contribution in [2.75, 3.05) is 26.8 Å². The minimum Gasteiger partial charge on any atom is -0.383 e. The second-order valence-corrected chi connectivity index (χ2v) is 7.55. The van der Waals surface area contributed by atoms with Crippen LogP contribution in [0.5, 0.6) is 0 Å². The molecule has 29 heavy (non-hydrogen) atoms. The molecule has 3 rings (SSSR count). The quantitative estimate of drug-likeness (QED) is 0.749. The summed E-state index contributed by atoms with van der Waals surface area (Å²) in [6.07, 6.45) is -4.84. The van der Waals surface area contributed by atoms with Crippen molar-refractivity contribution in [1.29, 1.82) is 0 Å². The second kappa shape index (κ2) is 7.82. The summed E-state index contributed by atoms with van der Waals surface area (Å²) in [4.78, 5) is 38.9. The van der Waals surface area contributed by atoms with E-state index < -0.39 is 36.0 Å². The number of carbonyl (C=O) groups excluding carboxylic acids is 1. The van der Waals surface area contributed by atoms with Crippen molar-refractivity contribution in [3.63, 3.8) is 0 Å². The molecule has 0 aromatic carbocycles. The molecule has 0 radical (unpaired) electrons. The van der Waals surface area contributed by atoms with Gasteiger partial charge in [0.2, 0.25) is 0 Å². The molecule has 2 amide bonds. The Balaban J connectivity index is 2.35. The SMILES string of the molecule is [2H]C([2H])(c1sc2c(c1C)c(=O)n([C@H](C)C(F)(F)F)c(=O)n2CCOC)N1CCNC1=O. The van der Waals surface area contributed by atoms with E-state index in [9.17, 15) is 27.6 Å². The molecular weight excluding hydrogens is 413 g/mol. The molecule has 1 fully saturated rings. The number of thiophene rings is 1. The normalized spacial score (nSPS) is 17.4. The molecule has 0 unspecified atom stereocenters. The van der Waals surface area contributed by atoms with Crippen LogP contribution in [-0.2, 0) is 17.8 Å². The van der Waals surface area contributed by atoms with E-state index in [-0.39, 0.29) is 51.5 Å². The predicted octanol–water partition coefficient (Wildman–Crippen LogP) is 1.83. The van der Waals surface area contributed by atoms with Gasteiger partial charge < -0.3 is 15.0 Å². The van der Waals surface area contributed by atoms with E-state index in [0.29, 0.717) is 6.92 Å². The lowest BCUT2D eigenvalue weighted by atomic mass is 10.2. The molecule has 0 bridgehead atoms. The van der Waals surface area contributed by atoms with Crippen molar-refractivity contribution < 1.29 is 25.4 Å². The monoisotopic (exact) mass is 436 g/mol. The van der Waals surface area contributed by atoms with E-state index in [4.69, 9.17) is 7.48 Å². The van der Waals surface area contributed by atoms with Gasteiger partial charge >= 0.3 is 17.9 Å². The molecular formula is C17H21F3N4O4S. The van der Waals surface area contributed by atoms with Gasteiger partial charge in [-0.1, -0.05) is 0 Å². The zero-order valence-corrected chi connectivity index (χ0v) is 16.7. The fourth-order valence-electron chi connectivity index (χ4n) is 3.04. The van der Waals surface area contributed by atoms with Crippen LogP contribution in [0.3, 0.4) is 0 Å². The highest BCUT2D eigenvalue weighted by Gasteiger charge is 2.40. The van der Waals surface area contributed by atoms with Crippen LogP contribution < -0.4 is 16.6 Å². The van der Waals surface area contributed by atoms with Gasteiger partial charge in [-0.25, -0.2) is 14.2 Å². The van der Waals surface area contributed by atoms with Gasteiger partial charge in [0.1, 0.15) is 10.9 Å². The molecule has 1 atom stereocenters. The molecule has 160 valence electrons. The van der Waals surface area contributed by atoms with Crippen LogP contribution in [0, 0.1) is 6.92 Å². The lowest BCUT2D eigenvalue weighted by molar-refractivity contribution is -0.164. The molecule has 0 spiro atoms. The zero-order chi connectivity index (χ0) is 23.3. The number of methoxy groups -OCH3 is 1. The Morgan fingerprint density at radius 3 is 2.59 bits per heavy atom. The Morgan fingerprint density at radius 1 is 1.34 bits per heavy atom. The Morgan fingerprint density at radius 2 is 2.03 bits per heavy atom. The highest BCUT2D eigenvalue weighted by molar-refractivity contribution is 7.18. The Kier molecular flexibility index (Phi) is 5.04. The highest BCUT2D eigenvalue weighted by atomic mass is 32.1. The maximum atomic E-state index is 13.4. The molecule has 0 saturated carbocycles. The van der Waals surface area contributed by atoms with Gasteiger partial charge in [-0.2, -0.15) is 13.2 Å². The summed E-state index contributed by atoms with van der Waals surface area (Å²) in [5, 5.41) is 2.30. The summed E-state index contributed by atoms with van der Waals surface area (Å²) in [6, 6.07) is -3.02. The van der Waals surface area contributed by atoms with Crippen LogP contribution in [-0.4, -0.2) is 53.0 Å². The van der Waals surface area contributed by atoms with Crippen LogP contribution >= 0.6 is 11.3 Å². The van der Waals surface area contributed by atoms with Crippen LogP contribution in [0.4, 0.5) is 18.0 Å². The first-order valence-electron chi connectivity index (χ1n) is 9.74. The van der Waals surface area contributed by atoms with Crippen molar-refractivity contribution in [2.45, 2.75) is 39.1 Å². The van der Waals surface area contributed by atoms with Crippen molar-refractivity contribution in [1.82, 2.24) is 19.4 Å². The molecule has 2 aromatic rings. The number of urea groups is 1. The maximum Gasteiger partial charge on any atom is 0.409 e. The van der Waals surface area contributed by atoms with Crippen LogP contribution in [0.1, 0.15) is 26.1 Å². The van der Waals surface area contributed by atoms with E-state index >= 15 is 0 Å². The molecule has 1 aliphatic heterocycles. The van der Waals surface area contributed by atoms with Gasteiger partial charge in [-0.3, -0.25) is 9.36 Å². The molecule has 1 N–H and O–H groups in total. The van der Waals surface area contributed by atoms with E-state index in [1.807, 2.05) is 0 Å². The summed E-state index contributed by atoms with van der Waals surface area (Å²) >= 11 is 0.769. The predicted molar refractivity (Wildman–Crippen MR) is 102 cm³/mol. The fourth-order valence-corrected chi connectivity index (χ4v) is 4.27. The van der Waals surface area contributed by atoms with Crippen LogP contribution in [0.2, 0.25) is 0 Å². The van der Waals surface area contributed by atoms with Crippen molar-refractivity contribution in [3.8, 4) is 0 Å².